The van der Waals surface area contributed by atoms with Gasteiger partial charge < -0.3 is 15.2 Å². The second-order valence-electron chi connectivity index (χ2n) is 6.40. The van der Waals surface area contributed by atoms with E-state index in [0.717, 1.165) is 57.5 Å². The molecule has 6 nitrogen and oxygen atoms in total. The second kappa shape index (κ2) is 6.13. The Morgan fingerprint density at radius 3 is 2.67 bits per heavy atom. The van der Waals surface area contributed by atoms with Crippen LogP contribution in [0, 0.1) is 12.8 Å². The lowest BCUT2D eigenvalue weighted by molar-refractivity contribution is -0.137. The van der Waals surface area contributed by atoms with Crippen molar-refractivity contribution in [3.05, 3.63) is 11.7 Å². The Balaban J connectivity index is 1.54. The number of hydrogen-bond donors (Lipinski definition) is 1. The van der Waals surface area contributed by atoms with Crippen molar-refractivity contribution in [2.24, 2.45) is 11.7 Å². The van der Waals surface area contributed by atoms with Crippen LogP contribution in [0.25, 0.3) is 0 Å². The molecule has 0 bridgehead atoms. The minimum atomic E-state index is 0.135. The predicted octanol–water partition coefficient (Wildman–Crippen LogP) is 1.60. The molecule has 116 valence electrons. The third kappa shape index (κ3) is 3.26. The zero-order valence-electron chi connectivity index (χ0n) is 12.6. The lowest BCUT2D eigenvalue weighted by atomic mass is 9.84. The predicted molar refractivity (Wildman–Crippen MR) is 77.5 cm³/mol. The quantitative estimate of drug-likeness (QED) is 0.895. The van der Waals surface area contributed by atoms with Crippen molar-refractivity contribution in [2.45, 2.75) is 57.4 Å². The summed E-state index contributed by atoms with van der Waals surface area (Å²) in [7, 11) is 0. The van der Waals surface area contributed by atoms with Gasteiger partial charge in [-0.25, -0.2) is 0 Å². The molecule has 21 heavy (non-hydrogen) atoms. The number of nitrogens with two attached hydrogens (primary N) is 1. The van der Waals surface area contributed by atoms with Crippen LogP contribution in [-0.2, 0) is 4.79 Å². The maximum atomic E-state index is 12.6. The Labute approximate surface area is 125 Å². The minimum Gasteiger partial charge on any atom is -0.342 e. The number of carbonyl (C=O) groups excluding carboxylic acids is 1. The van der Waals surface area contributed by atoms with E-state index >= 15 is 0 Å². The topological polar surface area (TPSA) is 85.2 Å². The Hall–Kier alpha value is -1.43. The van der Waals surface area contributed by atoms with Gasteiger partial charge in [0, 0.05) is 31.0 Å². The van der Waals surface area contributed by atoms with E-state index in [1.165, 1.54) is 0 Å². The molecule has 1 aliphatic heterocycles. The molecule has 2 aliphatic rings. The molecule has 0 aromatic carbocycles. The second-order valence-corrected chi connectivity index (χ2v) is 6.40. The van der Waals surface area contributed by atoms with Crippen LogP contribution in [0.2, 0.25) is 0 Å². The molecule has 1 aromatic heterocycles. The first-order valence-corrected chi connectivity index (χ1v) is 7.98. The van der Waals surface area contributed by atoms with Gasteiger partial charge in [-0.15, -0.1) is 0 Å². The van der Waals surface area contributed by atoms with Crippen LogP contribution in [-0.4, -0.2) is 40.1 Å². The Morgan fingerprint density at radius 1 is 1.29 bits per heavy atom. The SMILES string of the molecule is Cc1noc(C2CCN(C(=O)[C@H]3CCC[C@@H](N)C3)CC2)n1. The van der Waals surface area contributed by atoms with Gasteiger partial charge >= 0.3 is 0 Å². The van der Waals surface area contributed by atoms with E-state index in [0.29, 0.717) is 17.6 Å². The molecule has 6 heteroatoms. The molecule has 2 N–H and O–H groups in total. The van der Waals surface area contributed by atoms with E-state index < -0.39 is 0 Å². The highest BCUT2D eigenvalue weighted by Crippen LogP contribution is 2.30. The van der Waals surface area contributed by atoms with Crippen LogP contribution >= 0.6 is 0 Å². The fraction of sp³-hybridized carbons (Fsp3) is 0.800. The highest BCUT2D eigenvalue weighted by Gasteiger charge is 2.32. The summed E-state index contributed by atoms with van der Waals surface area (Å²) in [5, 5.41) is 3.85. The van der Waals surface area contributed by atoms with Gasteiger partial charge in [-0.1, -0.05) is 11.6 Å². The molecule has 1 saturated carbocycles. The minimum absolute atomic E-state index is 0.135. The van der Waals surface area contributed by atoms with E-state index in [4.69, 9.17) is 10.3 Å². The molecule has 0 radical (unpaired) electrons. The fourth-order valence-corrected chi connectivity index (χ4v) is 3.54. The van der Waals surface area contributed by atoms with Crippen LogP contribution in [0.3, 0.4) is 0 Å². The number of amides is 1. The molecule has 1 aliphatic carbocycles. The number of likely N-dealkylation sites (tertiary alicyclic amines) is 1. The molecule has 1 saturated heterocycles. The van der Waals surface area contributed by atoms with Crippen LogP contribution < -0.4 is 5.73 Å². The number of aromatic nitrogens is 2. The largest absolute Gasteiger partial charge is 0.342 e. The average Bonchev–Trinajstić information content (AvgIpc) is 2.93. The van der Waals surface area contributed by atoms with Gasteiger partial charge in [0.25, 0.3) is 0 Å². The highest BCUT2D eigenvalue weighted by molar-refractivity contribution is 5.79. The normalized spacial score (nSPS) is 27.8. The van der Waals surface area contributed by atoms with Crippen molar-refractivity contribution in [3.8, 4) is 0 Å². The maximum Gasteiger partial charge on any atom is 0.229 e. The van der Waals surface area contributed by atoms with Crippen LogP contribution in [0.5, 0.6) is 0 Å². The molecule has 2 heterocycles. The van der Waals surface area contributed by atoms with Crippen molar-refractivity contribution < 1.29 is 9.32 Å². The lowest BCUT2D eigenvalue weighted by Gasteiger charge is -2.35. The van der Waals surface area contributed by atoms with Gasteiger partial charge in [0.2, 0.25) is 11.8 Å². The summed E-state index contributed by atoms with van der Waals surface area (Å²) in [5.74, 6) is 2.13. The summed E-state index contributed by atoms with van der Waals surface area (Å²) in [6.45, 7) is 3.41. The number of carbonyl (C=O) groups is 1. The molecule has 0 unspecified atom stereocenters. The van der Waals surface area contributed by atoms with Crippen molar-refractivity contribution >= 4 is 5.91 Å². The fourth-order valence-electron chi connectivity index (χ4n) is 3.54. The molecular formula is C15H24N4O2. The van der Waals surface area contributed by atoms with Gasteiger partial charge in [-0.2, -0.15) is 4.98 Å². The number of hydrogen-bond acceptors (Lipinski definition) is 5. The van der Waals surface area contributed by atoms with Crippen LogP contribution in [0.1, 0.15) is 56.2 Å². The maximum absolute atomic E-state index is 12.6. The number of nitrogens with zero attached hydrogens (tertiary/aromatic N) is 3. The number of piperidine rings is 1. The summed E-state index contributed by atoms with van der Waals surface area (Å²) in [6, 6.07) is 0.201. The van der Waals surface area contributed by atoms with Gasteiger partial charge in [0.05, 0.1) is 0 Å². The molecule has 2 fully saturated rings. The van der Waals surface area contributed by atoms with Crippen molar-refractivity contribution in [2.75, 3.05) is 13.1 Å². The summed E-state index contributed by atoms with van der Waals surface area (Å²) >= 11 is 0. The highest BCUT2D eigenvalue weighted by atomic mass is 16.5. The van der Waals surface area contributed by atoms with Gasteiger partial charge in [-0.3, -0.25) is 4.79 Å². The van der Waals surface area contributed by atoms with E-state index in [-0.39, 0.29) is 12.0 Å². The number of aryl methyl sites for hydroxylation is 1. The monoisotopic (exact) mass is 292 g/mol. The Kier molecular flexibility index (Phi) is 4.24. The first-order valence-electron chi connectivity index (χ1n) is 7.98. The molecular weight excluding hydrogens is 268 g/mol. The molecule has 3 rings (SSSR count). The van der Waals surface area contributed by atoms with Crippen LogP contribution in [0.4, 0.5) is 0 Å². The molecule has 1 amide bonds. The van der Waals surface area contributed by atoms with Gasteiger partial charge in [0.15, 0.2) is 5.82 Å². The van der Waals surface area contributed by atoms with Crippen molar-refractivity contribution in [1.82, 2.24) is 15.0 Å². The third-order valence-corrected chi connectivity index (χ3v) is 4.76. The molecule has 0 spiro atoms. The standard InChI is InChI=1S/C15H24N4O2/c1-10-17-14(21-18-10)11-5-7-19(8-6-11)15(20)12-3-2-4-13(16)9-12/h11-13H,2-9,16H2,1H3/t12-,13+/m0/s1. The van der Waals surface area contributed by atoms with Crippen LogP contribution in [0.15, 0.2) is 4.52 Å². The third-order valence-electron chi connectivity index (χ3n) is 4.76. The van der Waals surface area contributed by atoms with E-state index in [2.05, 4.69) is 10.1 Å². The molecule has 2 atom stereocenters. The summed E-state index contributed by atoms with van der Waals surface area (Å²) in [4.78, 5) is 18.9. The van der Waals surface area contributed by atoms with Crippen molar-refractivity contribution in [3.63, 3.8) is 0 Å². The molecule has 1 aromatic rings. The van der Waals surface area contributed by atoms with E-state index in [9.17, 15) is 4.79 Å². The average molecular weight is 292 g/mol. The van der Waals surface area contributed by atoms with Gasteiger partial charge in [0.1, 0.15) is 0 Å². The Morgan fingerprint density at radius 2 is 2.05 bits per heavy atom. The van der Waals surface area contributed by atoms with E-state index in [1.807, 2.05) is 11.8 Å². The van der Waals surface area contributed by atoms with E-state index in [1.54, 1.807) is 0 Å². The first-order chi connectivity index (χ1) is 10.1. The summed E-state index contributed by atoms with van der Waals surface area (Å²) in [5.41, 5.74) is 5.99. The zero-order chi connectivity index (χ0) is 14.8. The summed E-state index contributed by atoms with van der Waals surface area (Å²) in [6.07, 6.45) is 5.80. The number of rotatable bonds is 2. The Bertz CT molecular complexity index is 494. The zero-order valence-corrected chi connectivity index (χ0v) is 12.6. The first kappa shape index (κ1) is 14.5. The lowest BCUT2D eigenvalue weighted by Crippen LogP contribution is -2.44. The van der Waals surface area contributed by atoms with Crippen molar-refractivity contribution in [1.29, 1.82) is 0 Å². The summed E-state index contributed by atoms with van der Waals surface area (Å²) < 4.78 is 5.25. The smallest absolute Gasteiger partial charge is 0.229 e. The van der Waals surface area contributed by atoms with Gasteiger partial charge in [-0.05, 0) is 39.0 Å².